The van der Waals surface area contributed by atoms with Gasteiger partial charge >= 0.3 is 0 Å². The van der Waals surface area contributed by atoms with Crippen LogP contribution in [0.5, 0.6) is 5.75 Å². The summed E-state index contributed by atoms with van der Waals surface area (Å²) in [5, 5.41) is 3.36. The van der Waals surface area contributed by atoms with E-state index >= 15 is 0 Å². The Balaban J connectivity index is 1.65. The van der Waals surface area contributed by atoms with E-state index in [1.54, 1.807) is 50.2 Å². The molecule has 0 atom stereocenters. The average molecular weight is 451 g/mol. The summed E-state index contributed by atoms with van der Waals surface area (Å²) in [7, 11) is -3.52. The molecule has 1 N–H and O–H groups in total. The zero-order valence-corrected chi connectivity index (χ0v) is 19.0. The second-order valence-corrected chi connectivity index (χ2v) is 10.5. The van der Waals surface area contributed by atoms with Gasteiger partial charge in [-0.25, -0.2) is 8.42 Å². The van der Waals surface area contributed by atoms with E-state index in [9.17, 15) is 13.2 Å². The van der Waals surface area contributed by atoms with Crippen LogP contribution in [0.4, 0.5) is 5.69 Å². The molecular formula is C22H27ClN2O4S. The summed E-state index contributed by atoms with van der Waals surface area (Å²) in [6.07, 6.45) is 1.74. The monoisotopic (exact) mass is 450 g/mol. The SMILES string of the molecule is CC1CCN(S(=O)(=O)c2ccc(NC(=O)C(C)(C)Oc3ccc(Cl)cc3)cc2)CC1. The van der Waals surface area contributed by atoms with Crippen molar-refractivity contribution >= 4 is 33.2 Å². The van der Waals surface area contributed by atoms with E-state index in [0.717, 1.165) is 12.8 Å². The van der Waals surface area contributed by atoms with E-state index in [0.29, 0.717) is 35.5 Å². The summed E-state index contributed by atoms with van der Waals surface area (Å²) >= 11 is 5.87. The van der Waals surface area contributed by atoms with Crippen molar-refractivity contribution in [2.24, 2.45) is 5.92 Å². The molecule has 0 unspecified atom stereocenters. The predicted octanol–water partition coefficient (Wildman–Crippen LogP) is 4.56. The van der Waals surface area contributed by atoms with Gasteiger partial charge in [0.05, 0.1) is 4.90 Å². The second-order valence-electron chi connectivity index (χ2n) is 8.13. The summed E-state index contributed by atoms with van der Waals surface area (Å²) in [6, 6.07) is 13.0. The number of hydrogen-bond donors (Lipinski definition) is 1. The molecule has 6 nitrogen and oxygen atoms in total. The zero-order valence-electron chi connectivity index (χ0n) is 17.4. The lowest BCUT2D eigenvalue weighted by Gasteiger charge is -2.29. The lowest BCUT2D eigenvalue weighted by atomic mass is 10.0. The number of carbonyl (C=O) groups excluding carboxylic acids is 1. The Morgan fingerprint density at radius 1 is 1.07 bits per heavy atom. The molecule has 2 aromatic carbocycles. The fraction of sp³-hybridized carbons (Fsp3) is 0.409. The van der Waals surface area contributed by atoms with E-state index in [2.05, 4.69) is 12.2 Å². The lowest BCUT2D eigenvalue weighted by Crippen LogP contribution is -2.42. The molecule has 1 saturated heterocycles. The summed E-state index contributed by atoms with van der Waals surface area (Å²) in [6.45, 7) is 6.54. The van der Waals surface area contributed by atoms with Crippen LogP contribution in [0.3, 0.4) is 0 Å². The fourth-order valence-electron chi connectivity index (χ4n) is 3.21. The number of ether oxygens (including phenoxy) is 1. The molecule has 1 aliphatic rings. The molecule has 2 aromatic rings. The quantitative estimate of drug-likeness (QED) is 0.700. The Hall–Kier alpha value is -2.09. The normalized spacial score (nSPS) is 16.3. The van der Waals surface area contributed by atoms with Crippen molar-refractivity contribution in [3.05, 3.63) is 53.6 Å². The number of anilines is 1. The van der Waals surface area contributed by atoms with Gasteiger partial charge in [0.25, 0.3) is 5.91 Å². The lowest BCUT2D eigenvalue weighted by molar-refractivity contribution is -0.128. The number of amides is 1. The number of nitrogens with one attached hydrogen (secondary N) is 1. The molecule has 0 saturated carbocycles. The third-order valence-corrected chi connectivity index (χ3v) is 7.39. The van der Waals surface area contributed by atoms with Gasteiger partial charge in [0, 0.05) is 23.8 Å². The number of sulfonamides is 1. The van der Waals surface area contributed by atoms with Crippen molar-refractivity contribution < 1.29 is 17.9 Å². The van der Waals surface area contributed by atoms with Crippen LogP contribution in [0, 0.1) is 5.92 Å². The maximum Gasteiger partial charge on any atom is 0.267 e. The van der Waals surface area contributed by atoms with Gasteiger partial charge < -0.3 is 10.1 Å². The van der Waals surface area contributed by atoms with Crippen LogP contribution >= 0.6 is 11.6 Å². The number of halogens is 1. The molecule has 8 heteroatoms. The first-order chi connectivity index (χ1) is 14.1. The maximum absolute atomic E-state index is 12.8. The summed E-state index contributed by atoms with van der Waals surface area (Å²) in [5.74, 6) is 0.724. The van der Waals surface area contributed by atoms with Crippen LogP contribution < -0.4 is 10.1 Å². The molecule has 0 bridgehead atoms. The Bertz CT molecular complexity index is 981. The van der Waals surface area contributed by atoms with E-state index in [4.69, 9.17) is 16.3 Å². The van der Waals surface area contributed by atoms with Crippen molar-refractivity contribution in [1.82, 2.24) is 4.31 Å². The fourth-order valence-corrected chi connectivity index (χ4v) is 4.81. The highest BCUT2D eigenvalue weighted by molar-refractivity contribution is 7.89. The molecule has 162 valence electrons. The van der Waals surface area contributed by atoms with Crippen molar-refractivity contribution in [3.63, 3.8) is 0 Å². The van der Waals surface area contributed by atoms with E-state index in [1.807, 2.05) is 0 Å². The molecule has 0 aliphatic carbocycles. The predicted molar refractivity (Wildman–Crippen MR) is 118 cm³/mol. The van der Waals surface area contributed by atoms with Gasteiger partial charge in [0.1, 0.15) is 5.75 Å². The highest BCUT2D eigenvalue weighted by Gasteiger charge is 2.31. The van der Waals surface area contributed by atoms with Gasteiger partial charge in [-0.05, 0) is 81.1 Å². The third-order valence-electron chi connectivity index (χ3n) is 5.23. The molecule has 1 amide bonds. The first-order valence-corrected chi connectivity index (χ1v) is 11.8. The number of rotatable bonds is 6. The number of benzene rings is 2. The van der Waals surface area contributed by atoms with Crippen LogP contribution in [-0.4, -0.2) is 37.3 Å². The minimum Gasteiger partial charge on any atom is -0.478 e. The smallest absolute Gasteiger partial charge is 0.267 e. The van der Waals surface area contributed by atoms with Gasteiger partial charge in [-0.3, -0.25) is 4.79 Å². The Labute approximate surface area is 183 Å². The second kappa shape index (κ2) is 8.96. The minimum atomic E-state index is -3.52. The van der Waals surface area contributed by atoms with Gasteiger partial charge in [-0.2, -0.15) is 4.31 Å². The van der Waals surface area contributed by atoms with Crippen LogP contribution in [0.1, 0.15) is 33.6 Å². The standard InChI is InChI=1S/C22H27ClN2O4S/c1-16-12-14-25(15-13-16)30(27,28)20-10-6-18(7-11-20)24-21(26)22(2,3)29-19-8-4-17(23)5-9-19/h4-11,16H,12-15H2,1-3H3,(H,24,26). The third kappa shape index (κ3) is 5.33. The average Bonchev–Trinajstić information content (AvgIpc) is 2.70. The minimum absolute atomic E-state index is 0.228. The topological polar surface area (TPSA) is 75.7 Å². The summed E-state index contributed by atoms with van der Waals surface area (Å²) in [5.41, 5.74) is -0.637. The van der Waals surface area contributed by atoms with Crippen molar-refractivity contribution in [1.29, 1.82) is 0 Å². The van der Waals surface area contributed by atoms with E-state index in [-0.39, 0.29) is 10.8 Å². The summed E-state index contributed by atoms with van der Waals surface area (Å²) in [4.78, 5) is 12.9. The number of carbonyl (C=O) groups is 1. The highest BCUT2D eigenvalue weighted by Crippen LogP contribution is 2.25. The summed E-state index contributed by atoms with van der Waals surface area (Å²) < 4.78 is 33.0. The van der Waals surface area contributed by atoms with Crippen LogP contribution in [-0.2, 0) is 14.8 Å². The van der Waals surface area contributed by atoms with Gasteiger partial charge in [0.2, 0.25) is 10.0 Å². The molecule has 0 spiro atoms. The molecule has 1 heterocycles. The Kier molecular flexibility index (Phi) is 6.75. The number of piperidine rings is 1. The first kappa shape index (κ1) is 22.6. The van der Waals surface area contributed by atoms with Crippen molar-refractivity contribution in [2.45, 2.75) is 44.1 Å². The van der Waals surface area contributed by atoms with Crippen LogP contribution in [0.15, 0.2) is 53.4 Å². The Morgan fingerprint density at radius 3 is 2.20 bits per heavy atom. The van der Waals surface area contributed by atoms with Crippen LogP contribution in [0.2, 0.25) is 5.02 Å². The number of nitrogens with zero attached hydrogens (tertiary/aromatic N) is 1. The van der Waals surface area contributed by atoms with Gasteiger partial charge in [-0.1, -0.05) is 18.5 Å². The van der Waals surface area contributed by atoms with Crippen LogP contribution in [0.25, 0.3) is 0 Å². The molecule has 1 fully saturated rings. The van der Waals surface area contributed by atoms with Gasteiger partial charge in [-0.15, -0.1) is 0 Å². The van der Waals surface area contributed by atoms with Crippen molar-refractivity contribution in [2.75, 3.05) is 18.4 Å². The molecule has 30 heavy (non-hydrogen) atoms. The largest absolute Gasteiger partial charge is 0.478 e. The molecule has 1 aliphatic heterocycles. The molecule has 3 rings (SSSR count). The number of hydrogen-bond acceptors (Lipinski definition) is 4. The molecular weight excluding hydrogens is 424 g/mol. The molecule has 0 aromatic heterocycles. The van der Waals surface area contributed by atoms with Crippen molar-refractivity contribution in [3.8, 4) is 5.75 Å². The Morgan fingerprint density at radius 2 is 1.63 bits per heavy atom. The first-order valence-electron chi connectivity index (χ1n) is 9.94. The molecule has 0 radical (unpaired) electrons. The maximum atomic E-state index is 12.8. The zero-order chi connectivity index (χ0) is 21.9. The highest BCUT2D eigenvalue weighted by atomic mass is 35.5. The van der Waals surface area contributed by atoms with E-state index < -0.39 is 15.6 Å². The van der Waals surface area contributed by atoms with E-state index in [1.165, 1.54) is 16.4 Å². The van der Waals surface area contributed by atoms with Gasteiger partial charge in [0.15, 0.2) is 5.60 Å².